The van der Waals surface area contributed by atoms with E-state index < -0.39 is 6.04 Å². The molecule has 2 N–H and O–H groups in total. The molecule has 106 valence electrons. The molecule has 0 aliphatic carbocycles. The van der Waals surface area contributed by atoms with Crippen molar-refractivity contribution in [3.63, 3.8) is 0 Å². The van der Waals surface area contributed by atoms with Crippen molar-refractivity contribution in [3.05, 3.63) is 58.9 Å². The molecule has 1 unspecified atom stereocenters. The van der Waals surface area contributed by atoms with Crippen molar-refractivity contribution < 1.29 is 13.9 Å². The van der Waals surface area contributed by atoms with Crippen molar-refractivity contribution in [1.82, 2.24) is 0 Å². The van der Waals surface area contributed by atoms with Gasteiger partial charge in [-0.15, -0.1) is 0 Å². The number of ether oxygens (including phenoxy) is 2. The highest BCUT2D eigenvalue weighted by Gasteiger charge is 2.16. The molecule has 2 rings (SSSR count). The number of rotatable bonds is 4. The van der Waals surface area contributed by atoms with Gasteiger partial charge in [-0.1, -0.05) is 18.2 Å². The van der Waals surface area contributed by atoms with Crippen LogP contribution in [0.25, 0.3) is 0 Å². The van der Waals surface area contributed by atoms with Crippen LogP contribution in [0.15, 0.2) is 36.4 Å². The van der Waals surface area contributed by atoms with Crippen LogP contribution in [0, 0.1) is 12.7 Å². The standard InChI is InChI=1S/C16H18FNO2/c1-10-5-4-6-14(15(10)17)16(18)11-7-12(19-2)9-13(8-11)20-3/h4-9,16H,18H2,1-3H3. The fraction of sp³-hybridized carbons (Fsp3) is 0.250. The zero-order chi connectivity index (χ0) is 14.7. The summed E-state index contributed by atoms with van der Waals surface area (Å²) < 4.78 is 24.6. The number of methoxy groups -OCH3 is 2. The van der Waals surface area contributed by atoms with Crippen molar-refractivity contribution in [2.75, 3.05) is 14.2 Å². The van der Waals surface area contributed by atoms with Crippen molar-refractivity contribution in [2.45, 2.75) is 13.0 Å². The lowest BCUT2D eigenvalue weighted by atomic mass is 9.97. The van der Waals surface area contributed by atoms with Gasteiger partial charge in [0.05, 0.1) is 20.3 Å². The van der Waals surface area contributed by atoms with Crippen LogP contribution < -0.4 is 15.2 Å². The molecule has 0 heterocycles. The molecule has 0 aliphatic heterocycles. The van der Waals surface area contributed by atoms with Crippen molar-refractivity contribution in [2.24, 2.45) is 5.73 Å². The summed E-state index contributed by atoms with van der Waals surface area (Å²) in [5.74, 6) is 0.979. The molecule has 0 saturated carbocycles. The summed E-state index contributed by atoms with van der Waals surface area (Å²) in [4.78, 5) is 0. The van der Waals surface area contributed by atoms with Crippen LogP contribution in [0.2, 0.25) is 0 Å². The smallest absolute Gasteiger partial charge is 0.131 e. The summed E-state index contributed by atoms with van der Waals surface area (Å²) in [5.41, 5.74) is 7.96. The van der Waals surface area contributed by atoms with E-state index in [2.05, 4.69) is 0 Å². The average Bonchev–Trinajstić information content (AvgIpc) is 2.48. The highest BCUT2D eigenvalue weighted by molar-refractivity contribution is 5.43. The van der Waals surface area contributed by atoms with E-state index in [1.165, 1.54) is 0 Å². The van der Waals surface area contributed by atoms with Crippen LogP contribution in [0.5, 0.6) is 11.5 Å². The highest BCUT2D eigenvalue weighted by atomic mass is 19.1. The summed E-state index contributed by atoms with van der Waals surface area (Å²) in [7, 11) is 3.13. The normalized spacial score (nSPS) is 12.1. The summed E-state index contributed by atoms with van der Waals surface area (Å²) in [6, 6.07) is 9.97. The lowest BCUT2D eigenvalue weighted by molar-refractivity contribution is 0.393. The third kappa shape index (κ3) is 2.75. The van der Waals surface area contributed by atoms with Gasteiger partial charge in [-0.3, -0.25) is 0 Å². The molecular formula is C16H18FNO2. The maximum atomic E-state index is 14.2. The molecule has 20 heavy (non-hydrogen) atoms. The third-order valence-electron chi connectivity index (χ3n) is 3.29. The molecule has 1 atom stereocenters. The SMILES string of the molecule is COc1cc(OC)cc(C(N)c2cccc(C)c2F)c1. The van der Waals surface area contributed by atoms with Gasteiger partial charge in [0, 0.05) is 11.6 Å². The van der Waals surface area contributed by atoms with E-state index in [1.54, 1.807) is 57.5 Å². The average molecular weight is 275 g/mol. The Morgan fingerprint density at radius 2 is 1.65 bits per heavy atom. The van der Waals surface area contributed by atoms with Crippen LogP contribution >= 0.6 is 0 Å². The fourth-order valence-corrected chi connectivity index (χ4v) is 2.10. The lowest BCUT2D eigenvalue weighted by Gasteiger charge is -2.16. The van der Waals surface area contributed by atoms with E-state index in [0.717, 1.165) is 5.56 Å². The molecule has 2 aromatic rings. The monoisotopic (exact) mass is 275 g/mol. The summed E-state index contributed by atoms with van der Waals surface area (Å²) >= 11 is 0. The number of hydrogen-bond donors (Lipinski definition) is 1. The van der Waals surface area contributed by atoms with E-state index >= 15 is 0 Å². The Kier molecular flexibility index (Phi) is 4.25. The molecule has 3 nitrogen and oxygen atoms in total. The maximum absolute atomic E-state index is 14.2. The number of hydrogen-bond acceptors (Lipinski definition) is 3. The quantitative estimate of drug-likeness (QED) is 0.932. The predicted molar refractivity (Wildman–Crippen MR) is 76.7 cm³/mol. The highest BCUT2D eigenvalue weighted by Crippen LogP contribution is 2.30. The molecule has 0 bridgehead atoms. The molecule has 0 aliphatic rings. The molecule has 0 aromatic heterocycles. The first-order chi connectivity index (χ1) is 9.56. The van der Waals surface area contributed by atoms with E-state index in [-0.39, 0.29) is 5.82 Å². The maximum Gasteiger partial charge on any atom is 0.131 e. The van der Waals surface area contributed by atoms with Gasteiger partial charge < -0.3 is 15.2 Å². The van der Waals surface area contributed by atoms with Crippen molar-refractivity contribution in [1.29, 1.82) is 0 Å². The minimum Gasteiger partial charge on any atom is -0.497 e. The number of nitrogens with two attached hydrogens (primary N) is 1. The second-order valence-electron chi connectivity index (χ2n) is 4.60. The van der Waals surface area contributed by atoms with Gasteiger partial charge in [-0.05, 0) is 30.2 Å². The van der Waals surface area contributed by atoms with E-state index in [4.69, 9.17) is 15.2 Å². The van der Waals surface area contributed by atoms with Crippen LogP contribution in [-0.2, 0) is 0 Å². The Hall–Kier alpha value is -2.07. The van der Waals surface area contributed by atoms with E-state index in [9.17, 15) is 4.39 Å². The summed E-state index contributed by atoms with van der Waals surface area (Å²) in [5, 5.41) is 0. The van der Waals surface area contributed by atoms with Crippen LogP contribution in [-0.4, -0.2) is 14.2 Å². The van der Waals surface area contributed by atoms with Gasteiger partial charge in [0.1, 0.15) is 17.3 Å². The number of benzene rings is 2. The minimum atomic E-state index is -0.570. The van der Waals surface area contributed by atoms with Crippen molar-refractivity contribution >= 4 is 0 Å². The summed E-state index contributed by atoms with van der Waals surface area (Å²) in [6.45, 7) is 1.72. The predicted octanol–water partition coefficient (Wildman–Crippen LogP) is 3.20. The van der Waals surface area contributed by atoms with Gasteiger partial charge in [0.2, 0.25) is 0 Å². The van der Waals surface area contributed by atoms with Gasteiger partial charge in [0.25, 0.3) is 0 Å². The van der Waals surface area contributed by atoms with E-state index in [1.807, 2.05) is 0 Å². The van der Waals surface area contributed by atoms with Crippen LogP contribution in [0.3, 0.4) is 0 Å². The third-order valence-corrected chi connectivity index (χ3v) is 3.29. The zero-order valence-electron chi connectivity index (χ0n) is 11.8. The summed E-state index contributed by atoms with van der Waals surface area (Å²) in [6.07, 6.45) is 0. The molecule has 0 saturated heterocycles. The topological polar surface area (TPSA) is 44.5 Å². The second-order valence-corrected chi connectivity index (χ2v) is 4.60. The Morgan fingerprint density at radius 3 is 2.20 bits per heavy atom. The largest absolute Gasteiger partial charge is 0.497 e. The molecule has 0 radical (unpaired) electrons. The first-order valence-electron chi connectivity index (χ1n) is 6.30. The molecule has 0 amide bonds. The molecule has 0 fully saturated rings. The first-order valence-corrected chi connectivity index (χ1v) is 6.30. The van der Waals surface area contributed by atoms with Gasteiger partial charge >= 0.3 is 0 Å². The lowest BCUT2D eigenvalue weighted by Crippen LogP contribution is -2.14. The Morgan fingerprint density at radius 1 is 1.05 bits per heavy atom. The van der Waals surface area contributed by atoms with Crippen LogP contribution in [0.1, 0.15) is 22.7 Å². The van der Waals surface area contributed by atoms with Gasteiger partial charge in [-0.2, -0.15) is 0 Å². The second kappa shape index (κ2) is 5.92. The van der Waals surface area contributed by atoms with Crippen LogP contribution in [0.4, 0.5) is 4.39 Å². The number of aryl methyl sites for hydroxylation is 1. The van der Waals surface area contributed by atoms with E-state index in [0.29, 0.717) is 22.6 Å². The molecular weight excluding hydrogens is 257 g/mol. The molecule has 4 heteroatoms. The van der Waals surface area contributed by atoms with Crippen molar-refractivity contribution in [3.8, 4) is 11.5 Å². The Labute approximate surface area is 118 Å². The zero-order valence-corrected chi connectivity index (χ0v) is 11.8. The Bertz CT molecular complexity index is 591. The molecule has 0 spiro atoms. The first kappa shape index (κ1) is 14.3. The van der Waals surface area contributed by atoms with Gasteiger partial charge in [0.15, 0.2) is 0 Å². The number of halogens is 1. The minimum absolute atomic E-state index is 0.276. The fourth-order valence-electron chi connectivity index (χ4n) is 2.10. The Balaban J connectivity index is 2.47. The molecule has 2 aromatic carbocycles. The van der Waals surface area contributed by atoms with Gasteiger partial charge in [-0.25, -0.2) is 4.39 Å².